The monoisotopic (exact) mass is 229 g/mol. The molecule has 4 nitrogen and oxygen atoms in total. The summed E-state index contributed by atoms with van der Waals surface area (Å²) in [4.78, 5) is 0. The number of aromatic nitrogens is 2. The SMILES string of the molecule is Cl.NCc1nnc(-c2ccc(F)cc2)o1. The van der Waals surface area contributed by atoms with Gasteiger partial charge in [0.25, 0.3) is 0 Å². The Labute approximate surface area is 91.7 Å². The maximum Gasteiger partial charge on any atom is 0.247 e. The van der Waals surface area contributed by atoms with Crippen molar-refractivity contribution in [3.63, 3.8) is 0 Å². The Kier molecular flexibility index (Phi) is 3.76. The predicted octanol–water partition coefficient (Wildman–Crippen LogP) is 1.76. The van der Waals surface area contributed by atoms with Gasteiger partial charge in [-0.05, 0) is 24.3 Å². The molecule has 0 atom stereocenters. The summed E-state index contributed by atoms with van der Waals surface area (Å²) in [6, 6.07) is 5.82. The molecule has 0 radical (unpaired) electrons. The fourth-order valence-electron chi connectivity index (χ4n) is 1.05. The van der Waals surface area contributed by atoms with Crippen LogP contribution in [0.2, 0.25) is 0 Å². The van der Waals surface area contributed by atoms with Gasteiger partial charge < -0.3 is 10.2 Å². The van der Waals surface area contributed by atoms with Gasteiger partial charge in [-0.2, -0.15) is 0 Å². The van der Waals surface area contributed by atoms with Crippen LogP contribution in [-0.4, -0.2) is 10.2 Å². The molecule has 0 amide bonds. The number of benzene rings is 1. The van der Waals surface area contributed by atoms with E-state index >= 15 is 0 Å². The lowest BCUT2D eigenvalue weighted by molar-refractivity contribution is 0.508. The Morgan fingerprint density at radius 3 is 2.40 bits per heavy atom. The van der Waals surface area contributed by atoms with Crippen LogP contribution in [0.4, 0.5) is 4.39 Å². The molecule has 0 aliphatic heterocycles. The van der Waals surface area contributed by atoms with E-state index in [1.807, 2.05) is 0 Å². The zero-order valence-corrected chi connectivity index (χ0v) is 8.50. The number of hydrogen-bond acceptors (Lipinski definition) is 4. The first-order chi connectivity index (χ1) is 6.79. The molecule has 15 heavy (non-hydrogen) atoms. The average molecular weight is 230 g/mol. The molecule has 1 aromatic carbocycles. The normalized spacial score (nSPS) is 9.73. The van der Waals surface area contributed by atoms with Crippen LogP contribution < -0.4 is 5.73 Å². The fourth-order valence-corrected chi connectivity index (χ4v) is 1.05. The van der Waals surface area contributed by atoms with Crippen LogP contribution in [-0.2, 0) is 6.54 Å². The lowest BCUT2D eigenvalue weighted by Gasteiger charge is -1.92. The van der Waals surface area contributed by atoms with Crippen LogP contribution >= 0.6 is 12.4 Å². The number of halogens is 2. The first-order valence-corrected chi connectivity index (χ1v) is 4.08. The second-order valence-corrected chi connectivity index (χ2v) is 2.71. The Morgan fingerprint density at radius 2 is 1.87 bits per heavy atom. The minimum Gasteiger partial charge on any atom is -0.419 e. The van der Waals surface area contributed by atoms with E-state index in [1.165, 1.54) is 12.1 Å². The molecule has 0 aliphatic rings. The fraction of sp³-hybridized carbons (Fsp3) is 0.111. The first-order valence-electron chi connectivity index (χ1n) is 4.08. The molecule has 0 unspecified atom stereocenters. The highest BCUT2D eigenvalue weighted by atomic mass is 35.5. The topological polar surface area (TPSA) is 64.9 Å². The summed E-state index contributed by atoms with van der Waals surface area (Å²) in [6.07, 6.45) is 0. The second kappa shape index (κ2) is 4.86. The molecule has 1 heterocycles. The highest BCUT2D eigenvalue weighted by Crippen LogP contribution is 2.17. The summed E-state index contributed by atoms with van der Waals surface area (Å²) < 4.78 is 17.8. The van der Waals surface area contributed by atoms with Crippen molar-refractivity contribution < 1.29 is 8.81 Å². The molecule has 2 aromatic rings. The van der Waals surface area contributed by atoms with Crippen LogP contribution in [0.3, 0.4) is 0 Å². The lowest BCUT2D eigenvalue weighted by Crippen LogP contribution is -1.95. The van der Waals surface area contributed by atoms with E-state index in [0.717, 1.165) is 0 Å². The molecule has 0 spiro atoms. The lowest BCUT2D eigenvalue weighted by atomic mass is 10.2. The van der Waals surface area contributed by atoms with Crippen LogP contribution in [0.5, 0.6) is 0 Å². The third kappa shape index (κ3) is 2.51. The molecule has 0 saturated heterocycles. The number of hydrogen-bond donors (Lipinski definition) is 1. The van der Waals surface area contributed by atoms with Gasteiger partial charge in [0.15, 0.2) is 0 Å². The maximum absolute atomic E-state index is 12.6. The van der Waals surface area contributed by atoms with E-state index in [-0.39, 0.29) is 24.8 Å². The van der Waals surface area contributed by atoms with Crippen molar-refractivity contribution in [2.75, 3.05) is 0 Å². The number of nitrogens with two attached hydrogens (primary N) is 1. The second-order valence-electron chi connectivity index (χ2n) is 2.71. The molecule has 1 aromatic heterocycles. The number of nitrogens with zero attached hydrogens (tertiary/aromatic N) is 2. The molecule has 0 fully saturated rings. The van der Waals surface area contributed by atoms with Gasteiger partial charge in [-0.3, -0.25) is 0 Å². The van der Waals surface area contributed by atoms with Crippen LogP contribution in [0, 0.1) is 5.82 Å². The van der Waals surface area contributed by atoms with E-state index in [0.29, 0.717) is 17.3 Å². The molecule has 80 valence electrons. The van der Waals surface area contributed by atoms with Gasteiger partial charge in [0, 0.05) is 5.56 Å². The quantitative estimate of drug-likeness (QED) is 0.852. The maximum atomic E-state index is 12.6. The molecular formula is C9H9ClFN3O. The summed E-state index contributed by atoms with van der Waals surface area (Å²) in [5.74, 6) is 0.419. The van der Waals surface area contributed by atoms with Crippen molar-refractivity contribution in [2.24, 2.45) is 5.73 Å². The molecular weight excluding hydrogens is 221 g/mol. The summed E-state index contributed by atoms with van der Waals surface area (Å²) in [7, 11) is 0. The smallest absolute Gasteiger partial charge is 0.247 e. The zero-order chi connectivity index (χ0) is 9.97. The van der Waals surface area contributed by atoms with Gasteiger partial charge in [-0.1, -0.05) is 0 Å². The van der Waals surface area contributed by atoms with E-state index in [9.17, 15) is 4.39 Å². The van der Waals surface area contributed by atoms with Crippen LogP contribution in [0.15, 0.2) is 28.7 Å². The molecule has 2 N–H and O–H groups in total. The van der Waals surface area contributed by atoms with Gasteiger partial charge in [-0.25, -0.2) is 4.39 Å². The van der Waals surface area contributed by atoms with E-state index < -0.39 is 0 Å². The van der Waals surface area contributed by atoms with Gasteiger partial charge in [0.2, 0.25) is 11.8 Å². The summed E-state index contributed by atoms with van der Waals surface area (Å²) in [6.45, 7) is 0.203. The average Bonchev–Trinajstić information content (AvgIpc) is 2.67. The Morgan fingerprint density at radius 1 is 1.20 bits per heavy atom. The van der Waals surface area contributed by atoms with E-state index in [2.05, 4.69) is 10.2 Å². The van der Waals surface area contributed by atoms with Crippen molar-refractivity contribution in [2.45, 2.75) is 6.54 Å². The third-order valence-corrected chi connectivity index (χ3v) is 1.73. The Hall–Kier alpha value is -1.46. The van der Waals surface area contributed by atoms with Gasteiger partial charge in [-0.15, -0.1) is 22.6 Å². The van der Waals surface area contributed by atoms with Gasteiger partial charge in [0.05, 0.1) is 6.54 Å². The third-order valence-electron chi connectivity index (χ3n) is 1.73. The number of rotatable bonds is 2. The molecule has 0 bridgehead atoms. The van der Waals surface area contributed by atoms with Crippen molar-refractivity contribution >= 4 is 12.4 Å². The minimum atomic E-state index is -0.299. The van der Waals surface area contributed by atoms with Crippen LogP contribution in [0.1, 0.15) is 5.89 Å². The summed E-state index contributed by atoms with van der Waals surface area (Å²) in [5, 5.41) is 7.47. The van der Waals surface area contributed by atoms with Crippen molar-refractivity contribution in [1.82, 2.24) is 10.2 Å². The highest BCUT2D eigenvalue weighted by Gasteiger charge is 2.06. The zero-order valence-electron chi connectivity index (χ0n) is 7.68. The Balaban J connectivity index is 0.00000112. The molecule has 6 heteroatoms. The van der Waals surface area contributed by atoms with Gasteiger partial charge in [0.1, 0.15) is 5.82 Å². The molecule has 2 rings (SSSR count). The van der Waals surface area contributed by atoms with Crippen molar-refractivity contribution in [3.05, 3.63) is 36.0 Å². The van der Waals surface area contributed by atoms with Gasteiger partial charge >= 0.3 is 0 Å². The standard InChI is InChI=1S/C9H8FN3O.ClH/c10-7-3-1-6(2-4-7)9-13-12-8(5-11)14-9;/h1-4H,5,11H2;1H. The van der Waals surface area contributed by atoms with E-state index in [4.69, 9.17) is 10.2 Å². The highest BCUT2D eigenvalue weighted by molar-refractivity contribution is 5.85. The van der Waals surface area contributed by atoms with Crippen LogP contribution in [0.25, 0.3) is 11.5 Å². The van der Waals surface area contributed by atoms with E-state index in [1.54, 1.807) is 12.1 Å². The molecule has 0 aliphatic carbocycles. The first kappa shape index (κ1) is 11.6. The molecule has 0 saturated carbocycles. The summed E-state index contributed by atoms with van der Waals surface area (Å²) in [5.41, 5.74) is 5.99. The predicted molar refractivity (Wildman–Crippen MR) is 54.8 cm³/mol. The van der Waals surface area contributed by atoms with Crippen molar-refractivity contribution in [3.8, 4) is 11.5 Å². The Bertz CT molecular complexity index is 429. The minimum absolute atomic E-state index is 0. The van der Waals surface area contributed by atoms with Crippen molar-refractivity contribution in [1.29, 1.82) is 0 Å². The summed E-state index contributed by atoms with van der Waals surface area (Å²) >= 11 is 0. The largest absolute Gasteiger partial charge is 0.419 e.